The molecule has 1 aromatic heterocycles. The molecule has 7 heteroatoms. The van der Waals surface area contributed by atoms with Gasteiger partial charge < -0.3 is 14.9 Å². The van der Waals surface area contributed by atoms with Crippen LogP contribution >= 0.6 is 11.3 Å². The summed E-state index contributed by atoms with van der Waals surface area (Å²) in [7, 11) is 0. The second-order valence-corrected chi connectivity index (χ2v) is 10.7. The molecule has 6 nitrogen and oxygen atoms in total. The fraction of sp³-hybridized carbons (Fsp3) is 0.577. The maximum absolute atomic E-state index is 12.8. The lowest BCUT2D eigenvalue weighted by molar-refractivity contribution is -0.153. The summed E-state index contributed by atoms with van der Waals surface area (Å²) in [5, 5.41) is 24.1. The van der Waals surface area contributed by atoms with Gasteiger partial charge in [-0.1, -0.05) is 44.6 Å². The number of carbonyl (C=O) groups excluding carboxylic acids is 2. The van der Waals surface area contributed by atoms with E-state index in [-0.39, 0.29) is 24.5 Å². The van der Waals surface area contributed by atoms with Crippen molar-refractivity contribution in [3.05, 3.63) is 45.5 Å². The molecule has 2 rings (SSSR count). The van der Waals surface area contributed by atoms with Crippen LogP contribution in [0.1, 0.15) is 71.0 Å². The lowest BCUT2D eigenvalue weighted by atomic mass is 9.77. The number of aliphatic hydroxyl groups excluding tert-OH is 2. The van der Waals surface area contributed by atoms with Crippen LogP contribution in [0.3, 0.4) is 0 Å². The molecule has 1 aliphatic heterocycles. The number of ether oxygens (including phenoxy) is 1. The molecule has 33 heavy (non-hydrogen) atoms. The Morgan fingerprint density at radius 3 is 2.55 bits per heavy atom. The molecule has 1 aliphatic rings. The summed E-state index contributed by atoms with van der Waals surface area (Å²) in [6.07, 6.45) is 6.08. The van der Waals surface area contributed by atoms with E-state index in [4.69, 9.17) is 4.74 Å². The number of ketones is 1. The zero-order valence-corrected chi connectivity index (χ0v) is 21.3. The van der Waals surface area contributed by atoms with E-state index >= 15 is 0 Å². The molecule has 0 aliphatic carbocycles. The molecule has 0 spiro atoms. The fourth-order valence-electron chi connectivity index (χ4n) is 3.55. The number of hydrogen-bond acceptors (Lipinski definition) is 7. The molecule has 2 heterocycles. The number of hydrogen-bond donors (Lipinski definition) is 2. The van der Waals surface area contributed by atoms with Crippen LogP contribution in [0.4, 0.5) is 0 Å². The van der Waals surface area contributed by atoms with E-state index in [1.807, 2.05) is 57.4 Å². The Balaban J connectivity index is 2.34. The van der Waals surface area contributed by atoms with Crippen molar-refractivity contribution in [3.8, 4) is 0 Å². The predicted molar refractivity (Wildman–Crippen MR) is 132 cm³/mol. The maximum Gasteiger partial charge on any atom is 0.309 e. The van der Waals surface area contributed by atoms with E-state index in [0.717, 1.165) is 21.8 Å². The average molecular weight is 476 g/mol. The fourth-order valence-corrected chi connectivity index (χ4v) is 4.12. The van der Waals surface area contributed by atoms with Crippen LogP contribution in [0, 0.1) is 18.3 Å². The Bertz CT molecular complexity index is 927. The summed E-state index contributed by atoms with van der Waals surface area (Å²) in [4.78, 5) is 30.0. The van der Waals surface area contributed by atoms with Crippen LogP contribution in [0.5, 0.6) is 0 Å². The predicted octanol–water partition coefficient (Wildman–Crippen LogP) is 4.80. The third-order valence-electron chi connectivity index (χ3n) is 6.30. The highest BCUT2D eigenvalue weighted by Gasteiger charge is 2.38. The molecule has 182 valence electrons. The molecular formula is C26H37NO5S. The third-order valence-corrected chi connectivity index (χ3v) is 7.09. The topological polar surface area (TPSA) is 96.7 Å². The van der Waals surface area contributed by atoms with Crippen LogP contribution in [0.15, 0.2) is 34.8 Å². The first-order chi connectivity index (χ1) is 15.4. The molecule has 0 bridgehead atoms. The summed E-state index contributed by atoms with van der Waals surface area (Å²) in [5.41, 5.74) is 1.50. The van der Waals surface area contributed by atoms with Crippen LogP contribution in [-0.2, 0) is 14.3 Å². The molecule has 0 radical (unpaired) electrons. The molecule has 0 amide bonds. The van der Waals surface area contributed by atoms with Gasteiger partial charge >= 0.3 is 5.97 Å². The SMILES string of the molecule is CC1=CC[C@@H](C(C)=Cc2csc(C)n2)OC(=O)C[C@H](O)C(C)(C)C(=O)C[C@@H](O)[C@@H](C)CC=C1. The lowest BCUT2D eigenvalue weighted by Crippen LogP contribution is -2.41. The van der Waals surface area contributed by atoms with Crippen molar-refractivity contribution >= 4 is 29.2 Å². The third kappa shape index (κ3) is 8.02. The standard InChI is InChI=1S/C26H37NO5S/c1-16-8-7-9-17(2)21(28)13-23(29)26(5,6)24(30)14-25(31)32-22(11-10-16)18(3)12-20-15-33-19(4)27-20/h7-8,10,12,15,17,21-22,24,28,30H,9,11,13-14H2,1-6H3/t17-,21+,22-,24-/m0/s1. The van der Waals surface area contributed by atoms with Gasteiger partial charge in [0.05, 0.1) is 29.3 Å². The number of aryl methyl sites for hydroxylation is 1. The first-order valence-corrected chi connectivity index (χ1v) is 12.3. The Morgan fingerprint density at radius 2 is 1.91 bits per heavy atom. The van der Waals surface area contributed by atoms with Gasteiger partial charge in [-0.3, -0.25) is 9.59 Å². The summed E-state index contributed by atoms with van der Waals surface area (Å²) in [5.74, 6) is -0.956. The van der Waals surface area contributed by atoms with Crippen molar-refractivity contribution in [1.82, 2.24) is 4.98 Å². The average Bonchev–Trinajstić information content (AvgIpc) is 3.14. The molecule has 0 aromatic carbocycles. The lowest BCUT2D eigenvalue weighted by Gasteiger charge is -2.31. The van der Waals surface area contributed by atoms with Crippen molar-refractivity contribution in [2.24, 2.45) is 11.3 Å². The minimum absolute atomic E-state index is 0.0690. The summed E-state index contributed by atoms with van der Waals surface area (Å²) >= 11 is 1.55. The van der Waals surface area contributed by atoms with Gasteiger partial charge in [0.25, 0.3) is 0 Å². The van der Waals surface area contributed by atoms with Crippen molar-refractivity contribution in [1.29, 1.82) is 0 Å². The molecule has 4 atom stereocenters. The van der Waals surface area contributed by atoms with Gasteiger partial charge in [-0.15, -0.1) is 11.3 Å². The number of allylic oxidation sites excluding steroid dienone is 3. The van der Waals surface area contributed by atoms with Crippen molar-refractivity contribution in [2.75, 3.05) is 0 Å². The number of aromatic nitrogens is 1. The number of cyclic esters (lactones) is 1. The van der Waals surface area contributed by atoms with Crippen molar-refractivity contribution in [3.63, 3.8) is 0 Å². The van der Waals surface area contributed by atoms with Crippen LogP contribution in [-0.4, -0.2) is 45.3 Å². The van der Waals surface area contributed by atoms with E-state index in [0.29, 0.717) is 12.8 Å². The zero-order valence-electron chi connectivity index (χ0n) is 20.5. The van der Waals surface area contributed by atoms with Gasteiger partial charge in [0, 0.05) is 23.6 Å². The van der Waals surface area contributed by atoms with Crippen LogP contribution in [0.2, 0.25) is 0 Å². The molecule has 0 fully saturated rings. The van der Waals surface area contributed by atoms with Gasteiger partial charge in [0.15, 0.2) is 0 Å². The second-order valence-electron chi connectivity index (χ2n) is 9.59. The zero-order chi connectivity index (χ0) is 24.8. The van der Waals surface area contributed by atoms with E-state index in [1.165, 1.54) is 0 Å². The van der Waals surface area contributed by atoms with Crippen molar-refractivity contribution in [2.45, 2.75) is 85.5 Å². The van der Waals surface area contributed by atoms with E-state index in [2.05, 4.69) is 4.98 Å². The first kappa shape index (κ1) is 27.2. The van der Waals surface area contributed by atoms with Gasteiger partial charge in [-0.05, 0) is 44.8 Å². The number of rotatable bonds is 2. The van der Waals surface area contributed by atoms with Crippen LogP contribution < -0.4 is 0 Å². The number of thiazole rings is 1. The van der Waals surface area contributed by atoms with Crippen LogP contribution in [0.25, 0.3) is 6.08 Å². The Morgan fingerprint density at radius 1 is 1.21 bits per heavy atom. The monoisotopic (exact) mass is 475 g/mol. The van der Waals surface area contributed by atoms with Gasteiger partial charge in [-0.2, -0.15) is 0 Å². The van der Waals surface area contributed by atoms with Gasteiger partial charge in [0.2, 0.25) is 0 Å². The highest BCUT2D eigenvalue weighted by molar-refractivity contribution is 7.09. The quantitative estimate of drug-likeness (QED) is 0.597. The van der Waals surface area contributed by atoms with E-state index < -0.39 is 29.7 Å². The number of nitrogens with zero attached hydrogens (tertiary/aromatic N) is 1. The molecule has 2 N–H and O–H groups in total. The Hall–Kier alpha value is -2.09. The molecule has 0 saturated carbocycles. The van der Waals surface area contributed by atoms with Gasteiger partial charge in [-0.25, -0.2) is 4.98 Å². The molecule has 1 aromatic rings. The molecular weight excluding hydrogens is 438 g/mol. The normalized spacial score (nSPS) is 28.4. The molecule has 0 unspecified atom stereocenters. The summed E-state index contributed by atoms with van der Waals surface area (Å²) < 4.78 is 5.76. The van der Waals surface area contributed by atoms with Crippen molar-refractivity contribution < 1.29 is 24.5 Å². The smallest absolute Gasteiger partial charge is 0.309 e. The first-order valence-electron chi connectivity index (χ1n) is 11.4. The highest BCUT2D eigenvalue weighted by atomic mass is 32.1. The second kappa shape index (κ2) is 11.9. The van der Waals surface area contributed by atoms with E-state index in [1.54, 1.807) is 25.2 Å². The largest absolute Gasteiger partial charge is 0.457 e. The summed E-state index contributed by atoms with van der Waals surface area (Å²) in [6, 6.07) is 0. The number of esters is 1. The molecule has 0 saturated heterocycles. The highest BCUT2D eigenvalue weighted by Crippen LogP contribution is 2.29. The minimum atomic E-state index is -1.21. The maximum atomic E-state index is 12.8. The Labute approximate surface area is 201 Å². The number of Topliss-reactive ketones (excluding diaryl/α,β-unsaturated/α-hetero) is 1. The Kier molecular flexibility index (Phi) is 9.76. The summed E-state index contributed by atoms with van der Waals surface area (Å²) in [6.45, 7) is 10.9. The van der Waals surface area contributed by atoms with Gasteiger partial charge in [0.1, 0.15) is 11.9 Å². The number of carbonyl (C=O) groups is 2. The number of aliphatic hydroxyl groups is 2. The van der Waals surface area contributed by atoms with E-state index in [9.17, 15) is 19.8 Å². The minimum Gasteiger partial charge on any atom is -0.457 e.